The van der Waals surface area contributed by atoms with Crippen LogP contribution in [-0.2, 0) is 31.8 Å². The van der Waals surface area contributed by atoms with Crippen LogP contribution in [0.15, 0.2) is 76.1 Å². The normalized spacial score (nSPS) is 15.3. The summed E-state index contributed by atoms with van der Waals surface area (Å²) in [6.07, 6.45) is 5.41. The van der Waals surface area contributed by atoms with E-state index in [0.717, 1.165) is 17.6 Å². The molecule has 2 aliphatic carbocycles. The Kier molecular flexibility index (Phi) is 6.80. The van der Waals surface area contributed by atoms with Crippen LogP contribution in [0.2, 0.25) is 0 Å². The van der Waals surface area contributed by atoms with Gasteiger partial charge < -0.3 is 0 Å². The molecule has 0 aromatic heterocycles. The molecule has 190 valence electrons. The molecule has 0 atom stereocenters. The van der Waals surface area contributed by atoms with Gasteiger partial charge in [-0.3, -0.25) is 0 Å². The fourth-order valence-electron chi connectivity index (χ4n) is 5.96. The average Bonchev–Trinajstić information content (AvgIpc) is 3.41. The predicted molar refractivity (Wildman–Crippen MR) is 155 cm³/mol. The molecule has 5 rings (SSSR count). The Morgan fingerprint density at radius 3 is 1.78 bits per heavy atom. The van der Waals surface area contributed by atoms with Gasteiger partial charge in [-0.05, 0) is 0 Å². The van der Waals surface area contributed by atoms with Crippen LogP contribution in [0, 0.1) is 5.82 Å². The van der Waals surface area contributed by atoms with Crippen molar-refractivity contribution >= 4 is 8.83 Å². The molecule has 0 N–H and O–H groups in total. The number of fused-ring (bicyclic) bond motifs is 3. The summed E-state index contributed by atoms with van der Waals surface area (Å²) in [4.78, 5) is 0. The van der Waals surface area contributed by atoms with Crippen molar-refractivity contribution in [3.63, 3.8) is 0 Å². The third-order valence-corrected chi connectivity index (χ3v) is 20.2. The molecular formula is C35H39FHf. The van der Waals surface area contributed by atoms with Crippen molar-refractivity contribution in [2.24, 2.45) is 0 Å². The molecule has 2 aliphatic rings. The molecule has 0 nitrogen and oxygen atoms in total. The minimum atomic E-state index is -2.73. The van der Waals surface area contributed by atoms with E-state index in [-0.39, 0.29) is 16.6 Å². The molecule has 3 aromatic rings. The van der Waals surface area contributed by atoms with Crippen molar-refractivity contribution < 1.29 is 25.3 Å². The Labute approximate surface area is 230 Å². The van der Waals surface area contributed by atoms with Gasteiger partial charge in [0, 0.05) is 0 Å². The van der Waals surface area contributed by atoms with Gasteiger partial charge in [0.15, 0.2) is 0 Å². The van der Waals surface area contributed by atoms with E-state index in [1.807, 2.05) is 12.1 Å². The minimum absolute atomic E-state index is 0.0910. The molecule has 0 saturated carbocycles. The van der Waals surface area contributed by atoms with Gasteiger partial charge in [0.25, 0.3) is 0 Å². The zero-order chi connectivity index (χ0) is 26.7. The molecule has 0 aliphatic heterocycles. The summed E-state index contributed by atoms with van der Waals surface area (Å²) in [5.41, 5.74) is 10.7. The Morgan fingerprint density at radius 1 is 0.757 bits per heavy atom. The fraction of sp³-hybridized carbons (Fsp3) is 0.343. The van der Waals surface area contributed by atoms with Gasteiger partial charge in [-0.2, -0.15) is 0 Å². The van der Waals surface area contributed by atoms with E-state index in [9.17, 15) is 0 Å². The van der Waals surface area contributed by atoms with Crippen LogP contribution in [0.4, 0.5) is 4.39 Å². The van der Waals surface area contributed by atoms with Gasteiger partial charge in [-0.25, -0.2) is 0 Å². The summed E-state index contributed by atoms with van der Waals surface area (Å²) in [5, 5.41) is 0. The number of rotatable bonds is 3. The van der Waals surface area contributed by atoms with Crippen molar-refractivity contribution in [3.05, 3.63) is 110 Å². The monoisotopic (exact) mass is 658 g/mol. The molecule has 0 radical (unpaired) electrons. The molecule has 0 amide bonds. The fourth-order valence-corrected chi connectivity index (χ4v) is 18.4. The van der Waals surface area contributed by atoms with Crippen molar-refractivity contribution in [2.45, 2.75) is 76.3 Å². The van der Waals surface area contributed by atoms with Crippen molar-refractivity contribution in [1.29, 1.82) is 0 Å². The molecule has 0 fully saturated rings. The zero-order valence-corrected chi connectivity index (χ0v) is 27.2. The molecule has 0 bridgehead atoms. The first-order valence-corrected chi connectivity index (χ1v) is 19.2. The molecule has 2 heteroatoms. The van der Waals surface area contributed by atoms with Crippen molar-refractivity contribution in [2.75, 3.05) is 0 Å². The second-order valence-electron chi connectivity index (χ2n) is 12.9. The van der Waals surface area contributed by atoms with Crippen LogP contribution in [0.3, 0.4) is 0 Å². The maximum absolute atomic E-state index is 15.1. The summed E-state index contributed by atoms with van der Waals surface area (Å²) >= 11 is -2.73. The maximum atomic E-state index is 15.1. The van der Waals surface area contributed by atoms with E-state index in [0.29, 0.717) is 3.67 Å². The van der Waals surface area contributed by atoms with Gasteiger partial charge in [0.05, 0.1) is 0 Å². The van der Waals surface area contributed by atoms with E-state index >= 15 is 4.39 Å². The van der Waals surface area contributed by atoms with Gasteiger partial charge in [0.1, 0.15) is 0 Å². The van der Waals surface area contributed by atoms with Gasteiger partial charge in [-0.1, -0.05) is 0 Å². The Morgan fingerprint density at radius 2 is 1.30 bits per heavy atom. The van der Waals surface area contributed by atoms with Gasteiger partial charge in [-0.15, -0.1) is 0 Å². The predicted octanol–water partition coefficient (Wildman–Crippen LogP) is 9.69. The Balaban J connectivity index is 1.80. The number of hydrogen-bond acceptors (Lipinski definition) is 0. The standard InChI is InChI=1S/C21H25.C11H8F.C3H6.Hf/c1-20(2,3)16-7-9-18-14(12-16)11-15-13-17(21(4,5)6)8-10-19(15)18;12-11-8-4-3-7-10(11)9-5-1-2-6-9;1-3-2;/h7-13H,1-6H3;1,3-5,7-8H,2H2;1-2H3;. The summed E-state index contributed by atoms with van der Waals surface area (Å²) in [5.74, 6) is -0.113. The third kappa shape index (κ3) is 4.76. The molecule has 0 unspecified atom stereocenters. The van der Waals surface area contributed by atoms with Crippen LogP contribution in [0.25, 0.3) is 16.7 Å². The second kappa shape index (κ2) is 9.53. The summed E-state index contributed by atoms with van der Waals surface area (Å²) < 4.78 is 18.6. The Hall–Kier alpha value is -2.19. The molecule has 0 heterocycles. The van der Waals surface area contributed by atoms with Crippen molar-refractivity contribution in [1.82, 2.24) is 0 Å². The number of benzene rings is 3. The van der Waals surface area contributed by atoms with Gasteiger partial charge >= 0.3 is 231 Å². The quantitative estimate of drug-likeness (QED) is 0.246. The van der Waals surface area contributed by atoms with Gasteiger partial charge in [0.2, 0.25) is 0 Å². The first kappa shape index (κ1) is 26.4. The van der Waals surface area contributed by atoms with Crippen LogP contribution in [-0.4, -0.2) is 3.26 Å². The van der Waals surface area contributed by atoms with Crippen LogP contribution in [0.5, 0.6) is 0 Å². The molecule has 0 saturated heterocycles. The van der Waals surface area contributed by atoms with E-state index in [2.05, 4.69) is 104 Å². The molecule has 37 heavy (non-hydrogen) atoms. The van der Waals surface area contributed by atoms with E-state index in [1.54, 1.807) is 18.7 Å². The first-order chi connectivity index (χ1) is 17.4. The third-order valence-electron chi connectivity index (χ3n) is 8.00. The van der Waals surface area contributed by atoms with E-state index in [1.165, 1.54) is 33.4 Å². The SMILES string of the molecule is C[C](C)=[Hf]([C]1=C(c2ccccc2F)C=CC1)[CH]1c2cc(C(C)(C)C)ccc2-c2ccc(C(C)(C)C)cc21. The summed E-state index contributed by atoms with van der Waals surface area (Å²) in [6.45, 7) is 18.5. The number of halogens is 1. The average molecular weight is 657 g/mol. The summed E-state index contributed by atoms with van der Waals surface area (Å²) in [6, 6.07) is 21.7. The number of hydrogen-bond donors (Lipinski definition) is 0. The Bertz CT molecular complexity index is 1420. The first-order valence-electron chi connectivity index (χ1n) is 13.5. The van der Waals surface area contributed by atoms with Crippen molar-refractivity contribution in [3.8, 4) is 11.1 Å². The number of allylic oxidation sites excluding steroid dienone is 4. The van der Waals surface area contributed by atoms with E-state index < -0.39 is 21.0 Å². The van der Waals surface area contributed by atoms with Crippen LogP contribution < -0.4 is 0 Å². The topological polar surface area (TPSA) is 0 Å². The van der Waals surface area contributed by atoms with E-state index in [4.69, 9.17) is 0 Å². The second-order valence-corrected chi connectivity index (χ2v) is 23.7. The van der Waals surface area contributed by atoms with Crippen LogP contribution in [0.1, 0.15) is 93.3 Å². The summed E-state index contributed by atoms with van der Waals surface area (Å²) in [7, 11) is 0. The zero-order valence-electron chi connectivity index (χ0n) is 23.6. The molecule has 0 spiro atoms. The van der Waals surface area contributed by atoms with Crippen LogP contribution >= 0.6 is 0 Å². The molecular weight excluding hydrogens is 618 g/mol. The molecule has 3 aromatic carbocycles.